The van der Waals surface area contributed by atoms with Crippen LogP contribution in [0.4, 0.5) is 5.82 Å². The quantitative estimate of drug-likeness (QED) is 0.862. The molecule has 0 radical (unpaired) electrons. The number of esters is 1. The van der Waals surface area contributed by atoms with Crippen molar-refractivity contribution in [1.82, 2.24) is 4.98 Å². The number of methoxy groups -OCH3 is 1. The largest absolute Gasteiger partial charge is 0.465 e. The summed E-state index contributed by atoms with van der Waals surface area (Å²) in [4.78, 5) is 15.5. The highest BCUT2D eigenvalue weighted by Gasteiger charge is 2.14. The second-order valence-corrected chi connectivity index (χ2v) is 4.53. The van der Waals surface area contributed by atoms with E-state index in [4.69, 9.17) is 28.9 Å². The molecule has 0 bridgehead atoms. The third-order valence-corrected chi connectivity index (χ3v) is 3.41. The first-order valence-electron chi connectivity index (χ1n) is 5.32. The van der Waals surface area contributed by atoms with Gasteiger partial charge >= 0.3 is 5.97 Å². The number of carbonyl (C=O) groups excluding carboxylic acids is 1. The summed E-state index contributed by atoms with van der Waals surface area (Å²) < 4.78 is 4.64. The van der Waals surface area contributed by atoms with E-state index in [2.05, 4.69) is 9.72 Å². The predicted molar refractivity (Wildman–Crippen MR) is 75.4 cm³/mol. The zero-order valence-corrected chi connectivity index (χ0v) is 11.5. The van der Waals surface area contributed by atoms with Crippen LogP contribution in [0.25, 0.3) is 11.1 Å². The van der Waals surface area contributed by atoms with Gasteiger partial charge in [0.1, 0.15) is 11.4 Å². The molecular weight excluding hydrogens is 287 g/mol. The second-order valence-electron chi connectivity index (χ2n) is 3.75. The fourth-order valence-corrected chi connectivity index (χ4v) is 2.03. The highest BCUT2D eigenvalue weighted by molar-refractivity contribution is 6.43. The number of halogens is 2. The van der Waals surface area contributed by atoms with Crippen LogP contribution in [-0.2, 0) is 4.74 Å². The lowest BCUT2D eigenvalue weighted by Crippen LogP contribution is -2.07. The van der Waals surface area contributed by atoms with Gasteiger partial charge in [-0.2, -0.15) is 0 Å². The fraction of sp³-hybridized carbons (Fsp3) is 0.0769. The number of carbonyl (C=O) groups is 1. The van der Waals surface area contributed by atoms with Gasteiger partial charge in [0.2, 0.25) is 0 Å². The molecule has 1 aromatic heterocycles. The van der Waals surface area contributed by atoms with Crippen LogP contribution in [0.15, 0.2) is 30.5 Å². The number of benzene rings is 1. The fourth-order valence-electron chi connectivity index (χ4n) is 1.62. The molecule has 2 rings (SSSR count). The summed E-state index contributed by atoms with van der Waals surface area (Å²) in [5.41, 5.74) is 7.15. The molecular formula is C13H10Cl2N2O2. The Labute approximate surface area is 120 Å². The van der Waals surface area contributed by atoms with Crippen molar-refractivity contribution in [3.8, 4) is 11.1 Å². The molecule has 1 aromatic carbocycles. The maximum Gasteiger partial charge on any atom is 0.341 e. The maximum absolute atomic E-state index is 11.6. The Morgan fingerprint density at radius 1 is 1.37 bits per heavy atom. The van der Waals surface area contributed by atoms with Crippen LogP contribution in [0.3, 0.4) is 0 Å². The monoisotopic (exact) mass is 296 g/mol. The zero-order chi connectivity index (χ0) is 14.0. The molecule has 0 saturated heterocycles. The molecule has 19 heavy (non-hydrogen) atoms. The Balaban J connectivity index is 2.58. The molecule has 0 aliphatic rings. The third kappa shape index (κ3) is 2.64. The number of nitrogen functional groups attached to an aromatic ring is 1. The minimum atomic E-state index is -0.551. The van der Waals surface area contributed by atoms with Crippen LogP contribution in [0.2, 0.25) is 10.0 Å². The molecule has 0 amide bonds. The average molecular weight is 297 g/mol. The molecule has 98 valence electrons. The first kappa shape index (κ1) is 13.6. The van der Waals surface area contributed by atoms with Crippen molar-refractivity contribution in [2.45, 2.75) is 0 Å². The van der Waals surface area contributed by atoms with E-state index in [9.17, 15) is 4.79 Å². The lowest BCUT2D eigenvalue weighted by atomic mass is 10.1. The van der Waals surface area contributed by atoms with E-state index >= 15 is 0 Å². The van der Waals surface area contributed by atoms with E-state index in [1.165, 1.54) is 13.3 Å². The number of nitrogens with zero attached hydrogens (tertiary/aromatic N) is 1. The van der Waals surface area contributed by atoms with Gasteiger partial charge in [0.25, 0.3) is 0 Å². The number of hydrogen-bond donors (Lipinski definition) is 1. The van der Waals surface area contributed by atoms with Crippen molar-refractivity contribution in [2.24, 2.45) is 0 Å². The third-order valence-electron chi connectivity index (χ3n) is 2.59. The molecule has 0 aliphatic carbocycles. The SMILES string of the molecule is COC(=O)c1cc(-c2cccc(Cl)c2Cl)cnc1N. The standard InChI is InChI=1S/C13H10Cl2N2O2/c1-19-13(18)9-5-7(6-17-12(9)16)8-3-2-4-10(14)11(8)15/h2-6H,1H3,(H2,16,17). The van der Waals surface area contributed by atoms with Crippen LogP contribution in [0.1, 0.15) is 10.4 Å². The van der Waals surface area contributed by atoms with Crippen LogP contribution in [0, 0.1) is 0 Å². The molecule has 0 spiro atoms. The van der Waals surface area contributed by atoms with E-state index in [0.29, 0.717) is 21.2 Å². The molecule has 4 nitrogen and oxygen atoms in total. The first-order chi connectivity index (χ1) is 9.04. The summed E-state index contributed by atoms with van der Waals surface area (Å²) in [5, 5.41) is 0.821. The van der Waals surface area contributed by atoms with Crippen molar-refractivity contribution in [3.05, 3.63) is 46.1 Å². The number of hydrogen-bond acceptors (Lipinski definition) is 4. The molecule has 2 N–H and O–H groups in total. The van der Waals surface area contributed by atoms with Crippen LogP contribution in [0.5, 0.6) is 0 Å². The van der Waals surface area contributed by atoms with Gasteiger partial charge in [-0.15, -0.1) is 0 Å². The molecule has 0 aliphatic heterocycles. The molecule has 6 heteroatoms. The van der Waals surface area contributed by atoms with Gasteiger partial charge < -0.3 is 10.5 Å². The Hall–Kier alpha value is -1.78. The minimum absolute atomic E-state index is 0.105. The molecule has 0 unspecified atom stereocenters. The number of aromatic nitrogens is 1. The number of nitrogens with two attached hydrogens (primary N) is 1. The molecule has 2 aromatic rings. The lowest BCUT2D eigenvalue weighted by molar-refractivity contribution is 0.0601. The Morgan fingerprint density at radius 2 is 2.11 bits per heavy atom. The van der Waals surface area contributed by atoms with Gasteiger partial charge in [-0.25, -0.2) is 9.78 Å². The number of ether oxygens (including phenoxy) is 1. The van der Waals surface area contributed by atoms with Crippen molar-refractivity contribution in [3.63, 3.8) is 0 Å². The van der Waals surface area contributed by atoms with Gasteiger partial charge in [0.15, 0.2) is 0 Å². The van der Waals surface area contributed by atoms with Gasteiger partial charge in [-0.05, 0) is 12.1 Å². The summed E-state index contributed by atoms with van der Waals surface area (Å²) in [6.45, 7) is 0. The Morgan fingerprint density at radius 3 is 2.79 bits per heavy atom. The summed E-state index contributed by atoms with van der Waals surface area (Å²) in [7, 11) is 1.28. The smallest absolute Gasteiger partial charge is 0.341 e. The highest BCUT2D eigenvalue weighted by atomic mass is 35.5. The summed E-state index contributed by atoms with van der Waals surface area (Å²) in [5.74, 6) is -0.446. The second kappa shape index (κ2) is 5.47. The Bertz CT molecular complexity index is 645. The summed E-state index contributed by atoms with van der Waals surface area (Å²) in [6.07, 6.45) is 1.53. The minimum Gasteiger partial charge on any atom is -0.465 e. The van der Waals surface area contributed by atoms with E-state index in [1.54, 1.807) is 24.3 Å². The van der Waals surface area contributed by atoms with E-state index in [0.717, 1.165) is 0 Å². The van der Waals surface area contributed by atoms with E-state index in [-0.39, 0.29) is 11.4 Å². The van der Waals surface area contributed by atoms with E-state index < -0.39 is 5.97 Å². The van der Waals surface area contributed by atoms with Crippen LogP contribution >= 0.6 is 23.2 Å². The number of anilines is 1. The van der Waals surface area contributed by atoms with Gasteiger partial charge in [0.05, 0.1) is 17.2 Å². The normalized spacial score (nSPS) is 10.3. The average Bonchev–Trinajstić information content (AvgIpc) is 2.42. The van der Waals surface area contributed by atoms with Gasteiger partial charge in [-0.3, -0.25) is 0 Å². The molecule has 1 heterocycles. The van der Waals surface area contributed by atoms with Crippen LogP contribution in [-0.4, -0.2) is 18.1 Å². The van der Waals surface area contributed by atoms with Crippen molar-refractivity contribution < 1.29 is 9.53 Å². The molecule has 0 fully saturated rings. The van der Waals surface area contributed by atoms with E-state index in [1.807, 2.05) is 0 Å². The molecule has 0 saturated carbocycles. The first-order valence-corrected chi connectivity index (χ1v) is 6.08. The highest BCUT2D eigenvalue weighted by Crippen LogP contribution is 2.33. The summed E-state index contributed by atoms with van der Waals surface area (Å²) >= 11 is 12.1. The zero-order valence-electron chi connectivity index (χ0n) is 9.98. The maximum atomic E-state index is 11.6. The van der Waals surface area contributed by atoms with Gasteiger partial charge in [-0.1, -0.05) is 35.3 Å². The van der Waals surface area contributed by atoms with Gasteiger partial charge in [0, 0.05) is 17.3 Å². The number of rotatable bonds is 2. The van der Waals surface area contributed by atoms with Crippen molar-refractivity contribution in [2.75, 3.05) is 12.8 Å². The number of pyridine rings is 1. The Kier molecular flexibility index (Phi) is 3.93. The van der Waals surface area contributed by atoms with Crippen molar-refractivity contribution in [1.29, 1.82) is 0 Å². The van der Waals surface area contributed by atoms with Crippen molar-refractivity contribution >= 4 is 35.0 Å². The molecule has 0 atom stereocenters. The topological polar surface area (TPSA) is 65.2 Å². The predicted octanol–water partition coefficient (Wildman–Crippen LogP) is 3.42. The van der Waals surface area contributed by atoms with Crippen LogP contribution < -0.4 is 5.73 Å². The summed E-state index contributed by atoms with van der Waals surface area (Å²) in [6, 6.07) is 6.80. The lowest BCUT2D eigenvalue weighted by Gasteiger charge is -2.08.